The SMILES string of the molecule is CC(C)(C)OCc1nc(CN)no1. The number of nitrogens with zero attached hydrogens (tertiary/aromatic N) is 2. The van der Waals surface area contributed by atoms with E-state index in [0.29, 0.717) is 24.9 Å². The van der Waals surface area contributed by atoms with E-state index < -0.39 is 0 Å². The van der Waals surface area contributed by atoms with Crippen molar-refractivity contribution < 1.29 is 9.26 Å². The lowest BCUT2D eigenvalue weighted by Crippen LogP contribution is -2.18. The van der Waals surface area contributed by atoms with Crippen LogP contribution in [0.2, 0.25) is 0 Å². The molecule has 0 aliphatic carbocycles. The number of hydrogen-bond acceptors (Lipinski definition) is 5. The Morgan fingerprint density at radius 3 is 2.62 bits per heavy atom. The number of rotatable bonds is 3. The zero-order valence-electron chi connectivity index (χ0n) is 8.20. The Kier molecular flexibility index (Phi) is 3.00. The first kappa shape index (κ1) is 10.1. The second-order valence-corrected chi connectivity index (χ2v) is 3.71. The van der Waals surface area contributed by atoms with E-state index in [1.54, 1.807) is 0 Å². The van der Waals surface area contributed by atoms with Crippen LogP contribution in [0.3, 0.4) is 0 Å². The van der Waals surface area contributed by atoms with Gasteiger partial charge in [-0.3, -0.25) is 0 Å². The second-order valence-electron chi connectivity index (χ2n) is 3.71. The van der Waals surface area contributed by atoms with E-state index in [1.165, 1.54) is 0 Å². The highest BCUT2D eigenvalue weighted by molar-refractivity contribution is 4.83. The summed E-state index contributed by atoms with van der Waals surface area (Å²) in [6, 6.07) is 0. The highest BCUT2D eigenvalue weighted by Crippen LogP contribution is 2.10. The molecule has 1 heterocycles. The summed E-state index contributed by atoms with van der Waals surface area (Å²) in [6.07, 6.45) is 0. The molecule has 74 valence electrons. The van der Waals surface area contributed by atoms with Crippen molar-refractivity contribution in [2.45, 2.75) is 39.5 Å². The van der Waals surface area contributed by atoms with E-state index in [4.69, 9.17) is 15.0 Å². The largest absolute Gasteiger partial charge is 0.366 e. The van der Waals surface area contributed by atoms with E-state index in [0.717, 1.165) is 0 Å². The first-order chi connectivity index (χ1) is 6.01. The molecular weight excluding hydrogens is 170 g/mol. The Balaban J connectivity index is 2.46. The number of aromatic nitrogens is 2. The Morgan fingerprint density at radius 2 is 2.15 bits per heavy atom. The summed E-state index contributed by atoms with van der Waals surface area (Å²) >= 11 is 0. The maximum absolute atomic E-state index is 5.44. The van der Waals surface area contributed by atoms with Crippen LogP contribution in [-0.2, 0) is 17.9 Å². The van der Waals surface area contributed by atoms with E-state index in [2.05, 4.69) is 10.1 Å². The maximum Gasteiger partial charge on any atom is 0.252 e. The average molecular weight is 185 g/mol. The van der Waals surface area contributed by atoms with Crippen LogP contribution in [0, 0.1) is 0 Å². The summed E-state index contributed by atoms with van der Waals surface area (Å²) in [5, 5.41) is 3.64. The lowest BCUT2D eigenvalue weighted by Gasteiger charge is -2.17. The molecule has 0 saturated carbocycles. The molecule has 5 heteroatoms. The van der Waals surface area contributed by atoms with Gasteiger partial charge in [0.05, 0.1) is 12.1 Å². The van der Waals surface area contributed by atoms with Gasteiger partial charge in [-0.2, -0.15) is 4.98 Å². The minimum atomic E-state index is -0.197. The quantitative estimate of drug-likeness (QED) is 0.755. The fraction of sp³-hybridized carbons (Fsp3) is 0.750. The van der Waals surface area contributed by atoms with E-state index in [9.17, 15) is 0 Å². The van der Waals surface area contributed by atoms with Crippen molar-refractivity contribution >= 4 is 0 Å². The molecule has 1 aromatic heterocycles. The smallest absolute Gasteiger partial charge is 0.252 e. The molecule has 0 bridgehead atoms. The van der Waals surface area contributed by atoms with Gasteiger partial charge < -0.3 is 15.0 Å². The van der Waals surface area contributed by atoms with Crippen LogP contribution in [0.1, 0.15) is 32.5 Å². The van der Waals surface area contributed by atoms with Crippen LogP contribution in [0.4, 0.5) is 0 Å². The first-order valence-corrected chi connectivity index (χ1v) is 4.17. The zero-order chi connectivity index (χ0) is 9.90. The average Bonchev–Trinajstić information content (AvgIpc) is 2.47. The van der Waals surface area contributed by atoms with Crippen LogP contribution in [-0.4, -0.2) is 15.7 Å². The zero-order valence-corrected chi connectivity index (χ0v) is 8.20. The second kappa shape index (κ2) is 3.85. The lowest BCUT2D eigenvalue weighted by molar-refractivity contribution is -0.0260. The van der Waals surface area contributed by atoms with Crippen molar-refractivity contribution in [3.63, 3.8) is 0 Å². The number of ether oxygens (including phenoxy) is 1. The van der Waals surface area contributed by atoms with Crippen LogP contribution < -0.4 is 5.73 Å². The van der Waals surface area contributed by atoms with Crippen molar-refractivity contribution in [3.05, 3.63) is 11.7 Å². The molecule has 0 fully saturated rings. The minimum absolute atomic E-state index is 0.197. The van der Waals surface area contributed by atoms with Gasteiger partial charge in [0.25, 0.3) is 5.89 Å². The third-order valence-corrected chi connectivity index (χ3v) is 1.32. The predicted molar refractivity (Wildman–Crippen MR) is 46.7 cm³/mol. The third-order valence-electron chi connectivity index (χ3n) is 1.32. The van der Waals surface area contributed by atoms with Gasteiger partial charge in [0, 0.05) is 0 Å². The van der Waals surface area contributed by atoms with Gasteiger partial charge in [0.15, 0.2) is 5.82 Å². The number of nitrogens with two attached hydrogens (primary N) is 1. The molecule has 1 aromatic rings. The van der Waals surface area contributed by atoms with Crippen LogP contribution in [0.25, 0.3) is 0 Å². The maximum atomic E-state index is 5.44. The molecule has 0 aliphatic heterocycles. The van der Waals surface area contributed by atoms with E-state index in [-0.39, 0.29) is 5.60 Å². The third kappa shape index (κ3) is 3.52. The standard InChI is InChI=1S/C8H15N3O2/c1-8(2,3)12-5-7-10-6(4-9)11-13-7/h4-5,9H2,1-3H3. The topological polar surface area (TPSA) is 74.2 Å². The van der Waals surface area contributed by atoms with Crippen LogP contribution >= 0.6 is 0 Å². The van der Waals surface area contributed by atoms with Crippen molar-refractivity contribution in [3.8, 4) is 0 Å². The highest BCUT2D eigenvalue weighted by atomic mass is 16.5. The number of hydrogen-bond donors (Lipinski definition) is 1. The summed E-state index contributed by atoms with van der Waals surface area (Å²) in [4.78, 5) is 4.00. The van der Waals surface area contributed by atoms with Gasteiger partial charge in [-0.1, -0.05) is 5.16 Å². The van der Waals surface area contributed by atoms with Crippen LogP contribution in [0.5, 0.6) is 0 Å². The van der Waals surface area contributed by atoms with Crippen molar-refractivity contribution in [1.82, 2.24) is 10.1 Å². The summed E-state index contributed by atoms with van der Waals surface area (Å²) in [5.41, 5.74) is 5.12. The summed E-state index contributed by atoms with van der Waals surface area (Å²) < 4.78 is 10.3. The normalized spacial score (nSPS) is 12.0. The molecule has 2 N–H and O–H groups in total. The lowest BCUT2D eigenvalue weighted by atomic mass is 10.2. The van der Waals surface area contributed by atoms with Crippen LogP contribution in [0.15, 0.2) is 4.52 Å². The fourth-order valence-electron chi connectivity index (χ4n) is 0.710. The fourth-order valence-corrected chi connectivity index (χ4v) is 0.710. The predicted octanol–water partition coefficient (Wildman–Crippen LogP) is 0.843. The van der Waals surface area contributed by atoms with Gasteiger partial charge in [-0.25, -0.2) is 0 Å². The monoisotopic (exact) mass is 185 g/mol. The highest BCUT2D eigenvalue weighted by Gasteiger charge is 2.13. The molecular formula is C8H15N3O2. The molecule has 0 spiro atoms. The Bertz CT molecular complexity index is 265. The molecule has 13 heavy (non-hydrogen) atoms. The van der Waals surface area contributed by atoms with Gasteiger partial charge in [-0.05, 0) is 20.8 Å². The Hall–Kier alpha value is -0.940. The molecule has 5 nitrogen and oxygen atoms in total. The van der Waals surface area contributed by atoms with Crippen molar-refractivity contribution in [2.24, 2.45) is 5.73 Å². The van der Waals surface area contributed by atoms with Gasteiger partial charge in [0.1, 0.15) is 6.61 Å². The molecule has 0 unspecified atom stereocenters. The minimum Gasteiger partial charge on any atom is -0.366 e. The van der Waals surface area contributed by atoms with Gasteiger partial charge >= 0.3 is 0 Å². The Labute approximate surface area is 77.3 Å². The molecule has 0 saturated heterocycles. The molecule has 0 amide bonds. The van der Waals surface area contributed by atoms with Gasteiger partial charge in [-0.15, -0.1) is 0 Å². The van der Waals surface area contributed by atoms with Gasteiger partial charge in [0.2, 0.25) is 0 Å². The Morgan fingerprint density at radius 1 is 1.46 bits per heavy atom. The summed E-state index contributed by atoms with van der Waals surface area (Å²) in [6.45, 7) is 6.52. The molecule has 1 rings (SSSR count). The molecule has 0 radical (unpaired) electrons. The van der Waals surface area contributed by atoms with Crippen molar-refractivity contribution in [2.75, 3.05) is 0 Å². The van der Waals surface area contributed by atoms with Crippen molar-refractivity contribution in [1.29, 1.82) is 0 Å². The molecule has 0 aliphatic rings. The van der Waals surface area contributed by atoms with E-state index in [1.807, 2.05) is 20.8 Å². The first-order valence-electron chi connectivity index (χ1n) is 4.17. The molecule has 0 aromatic carbocycles. The molecule has 0 atom stereocenters. The van der Waals surface area contributed by atoms with E-state index >= 15 is 0 Å². The summed E-state index contributed by atoms with van der Waals surface area (Å²) in [5.74, 6) is 0.975. The summed E-state index contributed by atoms with van der Waals surface area (Å²) in [7, 11) is 0.